The Bertz CT molecular complexity index is 347. The Kier molecular flexibility index (Phi) is 35.7. The molecule has 0 bridgehead atoms. The van der Waals surface area contributed by atoms with Crippen LogP contribution in [0.2, 0.25) is 0 Å². The normalized spacial score (nSPS) is 9.73. The van der Waals surface area contributed by atoms with Gasteiger partial charge < -0.3 is 0 Å². The Morgan fingerprint density at radius 3 is 1.95 bits per heavy atom. The van der Waals surface area contributed by atoms with E-state index in [1.165, 1.54) is 0 Å². The van der Waals surface area contributed by atoms with Gasteiger partial charge >= 0.3 is 0 Å². The van der Waals surface area contributed by atoms with Crippen molar-refractivity contribution in [2.75, 3.05) is 7.18 Å². The molecule has 1 nitrogen and oxygen atoms in total. The number of carbonyl (C=O) groups excluding carboxylic acids is 1. The summed E-state index contributed by atoms with van der Waals surface area (Å²) in [6, 6.07) is 0. The van der Waals surface area contributed by atoms with Crippen molar-refractivity contribution in [3.05, 3.63) is 60.8 Å². The largest absolute Gasteiger partial charge is 0.294 e. The molecule has 0 saturated heterocycles. The van der Waals surface area contributed by atoms with Gasteiger partial charge in [0, 0.05) is 12.0 Å². The molecule has 0 aromatic heterocycles. The lowest BCUT2D eigenvalue weighted by Gasteiger charge is -2.01. The summed E-state index contributed by atoms with van der Waals surface area (Å²) in [5, 5.41) is 0. The van der Waals surface area contributed by atoms with Crippen LogP contribution in [0.3, 0.4) is 0 Å². The van der Waals surface area contributed by atoms with E-state index in [0.29, 0.717) is 19.2 Å². The van der Waals surface area contributed by atoms with Gasteiger partial charge in [0.05, 0.1) is 7.18 Å². The first-order valence-electron chi connectivity index (χ1n) is 7.86. The molecule has 0 rings (SSSR count). The van der Waals surface area contributed by atoms with Crippen LogP contribution in [0.5, 0.6) is 0 Å². The third-order valence-corrected chi connectivity index (χ3v) is 1.94. The van der Waals surface area contributed by atoms with E-state index in [9.17, 15) is 9.18 Å². The molecule has 0 aliphatic heterocycles. The summed E-state index contributed by atoms with van der Waals surface area (Å²) in [4.78, 5) is 11.8. The third-order valence-electron chi connectivity index (χ3n) is 1.94. The van der Waals surface area contributed by atoms with Gasteiger partial charge in [-0.3, -0.25) is 9.18 Å². The van der Waals surface area contributed by atoms with Gasteiger partial charge in [-0.15, -0.1) is 0 Å². The molecule has 0 amide bonds. The van der Waals surface area contributed by atoms with Gasteiger partial charge in [-0.1, -0.05) is 84.2 Å². The predicted octanol–water partition coefficient (Wildman–Crippen LogP) is 6.79. The van der Waals surface area contributed by atoms with Crippen LogP contribution >= 0.6 is 0 Å². The number of ketones is 1. The molecule has 0 unspecified atom stereocenters. The first-order chi connectivity index (χ1) is 10.7. The fraction of sp³-hybridized carbons (Fsp3) is 0.450. The lowest BCUT2D eigenvalue weighted by atomic mass is 10.0. The minimum Gasteiger partial charge on any atom is -0.294 e. The zero-order valence-electron chi connectivity index (χ0n) is 15.6. The van der Waals surface area contributed by atoms with Crippen molar-refractivity contribution in [2.45, 2.75) is 54.4 Å². The zero-order valence-corrected chi connectivity index (χ0v) is 15.6. The van der Waals surface area contributed by atoms with Crippen LogP contribution < -0.4 is 0 Å². The smallest absolute Gasteiger partial charge is 0.167 e. The van der Waals surface area contributed by atoms with E-state index in [4.69, 9.17) is 0 Å². The average Bonchev–Trinajstić information content (AvgIpc) is 2.58. The third kappa shape index (κ3) is 20.6. The van der Waals surface area contributed by atoms with Crippen LogP contribution in [-0.4, -0.2) is 13.0 Å². The molecule has 0 saturated carbocycles. The van der Waals surface area contributed by atoms with Crippen molar-refractivity contribution in [3.63, 3.8) is 0 Å². The van der Waals surface area contributed by atoms with Crippen LogP contribution in [0.1, 0.15) is 54.4 Å². The number of hydrogen-bond acceptors (Lipinski definition) is 1. The summed E-state index contributed by atoms with van der Waals surface area (Å²) in [7, 11) is 0.500. The van der Waals surface area contributed by atoms with Crippen LogP contribution in [-0.2, 0) is 4.79 Å². The number of rotatable bonds is 7. The fourth-order valence-corrected chi connectivity index (χ4v) is 1.20. The number of hydrogen-bond donors (Lipinski definition) is 0. The highest BCUT2D eigenvalue weighted by atomic mass is 19.1. The Morgan fingerprint density at radius 1 is 1.09 bits per heavy atom. The molecule has 22 heavy (non-hydrogen) atoms. The Balaban J connectivity index is -0.000000238. The van der Waals surface area contributed by atoms with E-state index >= 15 is 0 Å². The number of alkyl halides is 1. The van der Waals surface area contributed by atoms with Gasteiger partial charge in [0.15, 0.2) is 5.78 Å². The molecule has 0 aromatic carbocycles. The molecule has 0 fully saturated rings. The van der Waals surface area contributed by atoms with Crippen molar-refractivity contribution in [2.24, 2.45) is 0 Å². The molecule has 128 valence electrons. The topological polar surface area (TPSA) is 17.1 Å². The zero-order chi connectivity index (χ0) is 18.4. The molecule has 0 N–H and O–H groups in total. The predicted molar refractivity (Wildman–Crippen MR) is 101 cm³/mol. The van der Waals surface area contributed by atoms with E-state index < -0.39 is 0 Å². The van der Waals surface area contributed by atoms with Crippen molar-refractivity contribution in [1.82, 2.24) is 0 Å². The molecule has 2 heteroatoms. The summed E-state index contributed by atoms with van der Waals surface area (Å²) in [6.45, 7) is 19.4. The summed E-state index contributed by atoms with van der Waals surface area (Å²) >= 11 is 0. The standard InChI is InChI=1S/C15H20O.2C2H6.CH3F/c1-5-8-11-13(4)12-15(16)14(9-6-2)10-7-3;3*1-2/h6-11H,2,4-5,12H2,1,3H3;2*1-2H3;1H3/b10-7-,11-8-,14-9+;;;. The van der Waals surface area contributed by atoms with Gasteiger partial charge in [0.2, 0.25) is 0 Å². The van der Waals surface area contributed by atoms with Crippen molar-refractivity contribution in [1.29, 1.82) is 0 Å². The summed E-state index contributed by atoms with van der Waals surface area (Å²) in [5.74, 6) is 0.0729. The Morgan fingerprint density at radius 2 is 1.59 bits per heavy atom. The number of carbonyl (C=O) groups is 1. The Hall–Kier alpha value is -1.70. The van der Waals surface area contributed by atoms with Gasteiger partial charge in [-0.05, 0) is 18.9 Å². The highest BCUT2D eigenvalue weighted by Gasteiger charge is 2.05. The second-order valence-electron chi connectivity index (χ2n) is 3.43. The van der Waals surface area contributed by atoms with Crippen LogP contribution in [0.25, 0.3) is 0 Å². The molecule has 0 atom stereocenters. The number of halogens is 1. The molecule has 0 spiro atoms. The van der Waals surface area contributed by atoms with E-state index in [2.05, 4.69) is 20.1 Å². The van der Waals surface area contributed by atoms with Crippen LogP contribution in [0, 0.1) is 0 Å². The summed E-state index contributed by atoms with van der Waals surface area (Å²) in [5.41, 5.74) is 1.51. The average molecular weight is 310 g/mol. The molecular weight excluding hydrogens is 275 g/mol. The molecule has 0 aliphatic carbocycles. The number of allylic oxidation sites excluding steroid dienone is 8. The van der Waals surface area contributed by atoms with E-state index in [0.717, 1.165) is 12.0 Å². The van der Waals surface area contributed by atoms with Crippen molar-refractivity contribution in [3.8, 4) is 0 Å². The minimum atomic E-state index is 0.0729. The highest BCUT2D eigenvalue weighted by molar-refractivity contribution is 5.99. The van der Waals surface area contributed by atoms with Gasteiger partial charge in [-0.25, -0.2) is 0 Å². The Labute approximate surface area is 138 Å². The summed E-state index contributed by atoms with van der Waals surface area (Å²) in [6.07, 6.45) is 12.2. The molecule has 0 aliphatic rings. The minimum absolute atomic E-state index is 0.0729. The summed E-state index contributed by atoms with van der Waals surface area (Å²) < 4.78 is 9.50. The lowest BCUT2D eigenvalue weighted by molar-refractivity contribution is -0.114. The quantitative estimate of drug-likeness (QED) is 0.373. The second-order valence-corrected chi connectivity index (χ2v) is 3.43. The highest BCUT2D eigenvalue weighted by Crippen LogP contribution is 2.09. The maximum absolute atomic E-state index is 11.8. The van der Waals surface area contributed by atoms with Crippen molar-refractivity contribution < 1.29 is 9.18 Å². The first kappa shape index (κ1) is 28.5. The fourth-order valence-electron chi connectivity index (χ4n) is 1.20. The second kappa shape index (κ2) is 27.6. The van der Waals surface area contributed by atoms with Crippen LogP contribution in [0.4, 0.5) is 4.39 Å². The SMILES string of the molecule is C=C/C=C(\C=C/C)C(=O)CC(=C)/C=C\CC.CC.CC.CF. The molecule has 0 heterocycles. The molecular formula is C20H35FO. The van der Waals surface area contributed by atoms with Gasteiger partial charge in [0.25, 0.3) is 0 Å². The molecule has 0 radical (unpaired) electrons. The van der Waals surface area contributed by atoms with E-state index in [1.807, 2.05) is 52.8 Å². The van der Waals surface area contributed by atoms with Crippen LogP contribution in [0.15, 0.2) is 60.8 Å². The van der Waals surface area contributed by atoms with E-state index in [1.54, 1.807) is 18.2 Å². The maximum atomic E-state index is 11.8. The van der Waals surface area contributed by atoms with Gasteiger partial charge in [-0.2, -0.15) is 0 Å². The van der Waals surface area contributed by atoms with Crippen molar-refractivity contribution >= 4 is 5.78 Å². The first-order valence-corrected chi connectivity index (χ1v) is 7.86. The van der Waals surface area contributed by atoms with Gasteiger partial charge in [0.1, 0.15) is 0 Å². The lowest BCUT2D eigenvalue weighted by Crippen LogP contribution is -2.00. The van der Waals surface area contributed by atoms with E-state index in [-0.39, 0.29) is 5.78 Å². The molecule has 0 aromatic rings. The monoisotopic (exact) mass is 310 g/mol. The number of Topliss-reactive ketones (excluding diaryl/α,β-unsaturated/α-hetero) is 1. The maximum Gasteiger partial charge on any atom is 0.167 e.